The van der Waals surface area contributed by atoms with Crippen LogP contribution in [0.4, 0.5) is 0 Å². The summed E-state index contributed by atoms with van der Waals surface area (Å²) in [6.45, 7) is 8.34. The Morgan fingerprint density at radius 2 is 1.79 bits per heavy atom. The molecular formula is C19H22N4O. The Balaban J connectivity index is 1.92. The second kappa shape index (κ2) is 6.90. The number of amides is 1. The van der Waals surface area contributed by atoms with Gasteiger partial charge >= 0.3 is 0 Å². The van der Waals surface area contributed by atoms with Gasteiger partial charge in [0.25, 0.3) is 5.91 Å². The number of nitrogens with zero attached hydrogens (tertiary/aromatic N) is 4. The Kier molecular flexibility index (Phi) is 4.68. The van der Waals surface area contributed by atoms with Crippen molar-refractivity contribution in [2.24, 2.45) is 0 Å². The van der Waals surface area contributed by atoms with Crippen molar-refractivity contribution in [3.63, 3.8) is 0 Å². The van der Waals surface area contributed by atoms with Gasteiger partial charge in [-0.15, -0.1) is 0 Å². The number of likely N-dealkylation sites (N-methyl/N-ethyl adjacent to an activating group) is 1. The Labute approximate surface area is 142 Å². The monoisotopic (exact) mass is 322 g/mol. The predicted molar refractivity (Wildman–Crippen MR) is 93.2 cm³/mol. The zero-order chi connectivity index (χ0) is 17.1. The minimum atomic E-state index is -0.0621. The topological polar surface area (TPSA) is 52.3 Å². The normalized spacial score (nSPS) is 15.3. The molecule has 1 amide bonds. The van der Waals surface area contributed by atoms with Crippen molar-refractivity contribution in [3.05, 3.63) is 53.3 Å². The number of piperazine rings is 1. The van der Waals surface area contributed by atoms with Crippen LogP contribution in [0.25, 0.3) is 5.69 Å². The number of carbonyl (C=O) groups is 1. The third-order valence-corrected chi connectivity index (χ3v) is 4.63. The van der Waals surface area contributed by atoms with Crippen LogP contribution < -0.4 is 0 Å². The molecule has 1 aromatic heterocycles. The van der Waals surface area contributed by atoms with E-state index in [0.29, 0.717) is 24.3 Å². The van der Waals surface area contributed by atoms with Gasteiger partial charge in [0.2, 0.25) is 0 Å². The van der Waals surface area contributed by atoms with Gasteiger partial charge in [-0.05, 0) is 31.7 Å². The summed E-state index contributed by atoms with van der Waals surface area (Å²) in [4.78, 5) is 17.2. The minimum absolute atomic E-state index is 0.0621. The molecule has 1 fully saturated rings. The largest absolute Gasteiger partial charge is 0.335 e. The fourth-order valence-corrected chi connectivity index (χ4v) is 3.08. The molecule has 0 radical (unpaired) electrons. The van der Waals surface area contributed by atoms with E-state index in [1.165, 1.54) is 0 Å². The van der Waals surface area contributed by atoms with E-state index in [-0.39, 0.29) is 5.91 Å². The van der Waals surface area contributed by atoms with Gasteiger partial charge in [0.05, 0.1) is 5.56 Å². The first-order valence-corrected chi connectivity index (χ1v) is 8.34. The number of hydrogen-bond donors (Lipinski definition) is 0. The highest BCUT2D eigenvalue weighted by molar-refractivity contribution is 5.96. The SMILES string of the molecule is CCN1CCN(C(=O)c2c(C#N)ccn2-c2ccc(C)cc2)CC1. The lowest BCUT2D eigenvalue weighted by Crippen LogP contribution is -2.48. The van der Waals surface area contributed by atoms with Crippen LogP contribution in [-0.4, -0.2) is 53.0 Å². The van der Waals surface area contributed by atoms with E-state index in [4.69, 9.17) is 0 Å². The van der Waals surface area contributed by atoms with E-state index in [1.807, 2.05) is 40.7 Å². The molecule has 3 rings (SSSR count). The lowest BCUT2D eigenvalue weighted by molar-refractivity contribution is 0.0635. The predicted octanol–water partition coefficient (Wildman–Crippen LogP) is 2.44. The minimum Gasteiger partial charge on any atom is -0.335 e. The number of carbonyl (C=O) groups excluding carboxylic acids is 1. The number of aryl methyl sites for hydroxylation is 1. The Morgan fingerprint density at radius 3 is 2.38 bits per heavy atom. The van der Waals surface area contributed by atoms with Crippen molar-refractivity contribution >= 4 is 5.91 Å². The maximum atomic E-state index is 13.0. The highest BCUT2D eigenvalue weighted by Crippen LogP contribution is 2.20. The van der Waals surface area contributed by atoms with Gasteiger partial charge < -0.3 is 14.4 Å². The molecule has 0 unspecified atom stereocenters. The van der Waals surface area contributed by atoms with Crippen LogP contribution in [0.15, 0.2) is 36.5 Å². The summed E-state index contributed by atoms with van der Waals surface area (Å²) in [6.07, 6.45) is 1.80. The first kappa shape index (κ1) is 16.3. The van der Waals surface area contributed by atoms with Crippen LogP contribution >= 0.6 is 0 Å². The van der Waals surface area contributed by atoms with Crippen LogP contribution in [0, 0.1) is 18.3 Å². The Morgan fingerprint density at radius 1 is 1.12 bits per heavy atom. The first-order valence-electron chi connectivity index (χ1n) is 8.34. The third-order valence-electron chi connectivity index (χ3n) is 4.63. The van der Waals surface area contributed by atoms with Gasteiger partial charge in [0.1, 0.15) is 11.8 Å². The molecule has 5 heteroatoms. The van der Waals surface area contributed by atoms with E-state index in [1.54, 1.807) is 12.3 Å². The van der Waals surface area contributed by atoms with E-state index in [2.05, 4.69) is 17.9 Å². The van der Waals surface area contributed by atoms with Crippen LogP contribution in [0.2, 0.25) is 0 Å². The maximum Gasteiger partial charge on any atom is 0.272 e. The molecule has 2 heterocycles. The van der Waals surface area contributed by atoms with Gasteiger partial charge in [0, 0.05) is 38.1 Å². The summed E-state index contributed by atoms with van der Waals surface area (Å²) in [5, 5.41) is 9.41. The van der Waals surface area contributed by atoms with Crippen LogP contribution in [0.3, 0.4) is 0 Å². The summed E-state index contributed by atoms with van der Waals surface area (Å²) in [6, 6.07) is 11.8. The second-order valence-electron chi connectivity index (χ2n) is 6.12. The quantitative estimate of drug-likeness (QED) is 0.872. The highest BCUT2D eigenvalue weighted by atomic mass is 16.2. The molecule has 2 aromatic rings. The molecule has 0 spiro atoms. The summed E-state index contributed by atoms with van der Waals surface area (Å²) in [5.74, 6) is -0.0621. The molecule has 0 bridgehead atoms. The third kappa shape index (κ3) is 3.06. The smallest absolute Gasteiger partial charge is 0.272 e. The van der Waals surface area contributed by atoms with Gasteiger partial charge in [-0.1, -0.05) is 24.6 Å². The Hall–Kier alpha value is -2.58. The molecule has 1 aromatic carbocycles. The van der Waals surface area contributed by atoms with Crippen molar-refractivity contribution in [2.45, 2.75) is 13.8 Å². The van der Waals surface area contributed by atoms with Crippen LogP contribution in [0.5, 0.6) is 0 Å². The fraction of sp³-hybridized carbons (Fsp3) is 0.368. The maximum absolute atomic E-state index is 13.0. The van der Waals surface area contributed by atoms with E-state index < -0.39 is 0 Å². The van der Waals surface area contributed by atoms with Crippen LogP contribution in [-0.2, 0) is 0 Å². The molecule has 0 atom stereocenters. The molecule has 0 N–H and O–H groups in total. The zero-order valence-electron chi connectivity index (χ0n) is 14.2. The van der Waals surface area contributed by atoms with Crippen molar-refractivity contribution < 1.29 is 4.79 Å². The molecular weight excluding hydrogens is 300 g/mol. The average Bonchev–Trinajstić information content (AvgIpc) is 3.06. The second-order valence-corrected chi connectivity index (χ2v) is 6.12. The zero-order valence-corrected chi connectivity index (χ0v) is 14.2. The Bertz CT molecular complexity index is 762. The average molecular weight is 322 g/mol. The molecule has 0 aliphatic carbocycles. The summed E-state index contributed by atoms with van der Waals surface area (Å²) < 4.78 is 1.83. The van der Waals surface area contributed by atoms with Gasteiger partial charge in [-0.2, -0.15) is 5.26 Å². The van der Waals surface area contributed by atoms with Crippen molar-refractivity contribution in [2.75, 3.05) is 32.7 Å². The van der Waals surface area contributed by atoms with E-state index in [9.17, 15) is 10.1 Å². The van der Waals surface area contributed by atoms with Gasteiger partial charge in [-0.3, -0.25) is 4.79 Å². The molecule has 24 heavy (non-hydrogen) atoms. The van der Waals surface area contributed by atoms with Gasteiger partial charge in [0.15, 0.2) is 0 Å². The summed E-state index contributed by atoms with van der Waals surface area (Å²) in [7, 11) is 0. The number of aromatic nitrogens is 1. The number of hydrogen-bond acceptors (Lipinski definition) is 3. The molecule has 1 saturated heterocycles. The van der Waals surface area contributed by atoms with Crippen molar-refractivity contribution in [3.8, 4) is 11.8 Å². The van der Waals surface area contributed by atoms with Crippen molar-refractivity contribution in [1.82, 2.24) is 14.4 Å². The van der Waals surface area contributed by atoms with Gasteiger partial charge in [-0.25, -0.2) is 0 Å². The lowest BCUT2D eigenvalue weighted by atomic mass is 10.2. The summed E-state index contributed by atoms with van der Waals surface area (Å²) >= 11 is 0. The summed E-state index contributed by atoms with van der Waals surface area (Å²) in [5.41, 5.74) is 2.96. The first-order chi connectivity index (χ1) is 11.6. The molecule has 5 nitrogen and oxygen atoms in total. The standard InChI is InChI=1S/C19H22N4O/c1-3-21-10-12-22(13-11-21)19(24)18-16(14-20)8-9-23(18)17-6-4-15(2)5-7-17/h4-9H,3,10-13H2,1-2H3. The molecule has 1 aliphatic rings. The lowest BCUT2D eigenvalue weighted by Gasteiger charge is -2.34. The van der Waals surface area contributed by atoms with E-state index in [0.717, 1.165) is 30.9 Å². The van der Waals surface area contributed by atoms with E-state index >= 15 is 0 Å². The number of nitriles is 1. The highest BCUT2D eigenvalue weighted by Gasteiger charge is 2.26. The number of benzene rings is 1. The van der Waals surface area contributed by atoms with Crippen LogP contribution in [0.1, 0.15) is 28.5 Å². The molecule has 1 aliphatic heterocycles. The molecule has 0 saturated carbocycles. The molecule has 124 valence electrons. The fourth-order valence-electron chi connectivity index (χ4n) is 3.08. The van der Waals surface area contributed by atoms with Crippen molar-refractivity contribution in [1.29, 1.82) is 5.26 Å². The number of rotatable bonds is 3.